The first-order valence-electron chi connectivity index (χ1n) is 7.96. The monoisotopic (exact) mass is 407 g/mol. The van der Waals surface area contributed by atoms with Crippen molar-refractivity contribution in [2.75, 3.05) is 11.2 Å². The summed E-state index contributed by atoms with van der Waals surface area (Å²) >= 11 is 11.3. The van der Waals surface area contributed by atoms with Gasteiger partial charge in [0.2, 0.25) is 11.8 Å². The number of aromatic nitrogens is 1. The van der Waals surface area contributed by atoms with E-state index in [1.807, 2.05) is 0 Å². The summed E-state index contributed by atoms with van der Waals surface area (Å²) in [6.45, 7) is 0.0515. The Morgan fingerprint density at radius 3 is 2.70 bits per heavy atom. The molecule has 27 heavy (non-hydrogen) atoms. The summed E-state index contributed by atoms with van der Waals surface area (Å²) in [6, 6.07) is 11.8. The Bertz CT molecular complexity index is 1060. The number of oxazole rings is 1. The third-order valence-electron chi connectivity index (χ3n) is 3.75. The summed E-state index contributed by atoms with van der Waals surface area (Å²) in [6.07, 6.45) is 0. The van der Waals surface area contributed by atoms with Crippen LogP contribution in [0, 0.1) is 0 Å². The second-order valence-electron chi connectivity index (χ2n) is 5.73. The number of carbonyl (C=O) groups excluding carboxylic acids is 2. The number of nitrogens with one attached hydrogen (secondary N) is 2. The summed E-state index contributed by atoms with van der Waals surface area (Å²) in [5, 5.41) is 5.80. The number of rotatable bonds is 6. The number of benzene rings is 2. The maximum absolute atomic E-state index is 12.2. The Morgan fingerprint density at radius 1 is 1.11 bits per heavy atom. The Hall–Kier alpha value is -2.77. The molecule has 0 aliphatic heterocycles. The molecule has 0 unspecified atom stereocenters. The van der Waals surface area contributed by atoms with E-state index in [0.717, 1.165) is 5.56 Å². The maximum Gasteiger partial charge on any atom is 0.420 e. The average molecular weight is 408 g/mol. The van der Waals surface area contributed by atoms with Crippen LogP contribution < -0.4 is 16.4 Å². The summed E-state index contributed by atoms with van der Waals surface area (Å²) in [5.74, 6) is -1.44. The molecule has 0 aliphatic rings. The maximum atomic E-state index is 12.2. The molecule has 1 heterocycles. The molecule has 0 fully saturated rings. The highest BCUT2D eigenvalue weighted by atomic mass is 35.5. The van der Waals surface area contributed by atoms with Gasteiger partial charge in [-0.25, -0.2) is 4.79 Å². The van der Waals surface area contributed by atoms with Crippen LogP contribution >= 0.6 is 23.2 Å². The van der Waals surface area contributed by atoms with E-state index in [0.29, 0.717) is 21.8 Å². The molecule has 2 aromatic carbocycles. The van der Waals surface area contributed by atoms with Gasteiger partial charge in [0.25, 0.3) is 0 Å². The molecule has 0 aliphatic carbocycles. The van der Waals surface area contributed by atoms with E-state index in [1.54, 1.807) is 36.4 Å². The van der Waals surface area contributed by atoms with Crippen molar-refractivity contribution < 1.29 is 14.0 Å². The highest BCUT2D eigenvalue weighted by Crippen LogP contribution is 2.18. The van der Waals surface area contributed by atoms with Crippen molar-refractivity contribution >= 4 is 51.8 Å². The quantitative estimate of drug-likeness (QED) is 0.614. The van der Waals surface area contributed by atoms with Crippen LogP contribution in [0.5, 0.6) is 0 Å². The smallest absolute Gasteiger partial charge is 0.408 e. The number of alkyl halides is 1. The Kier molecular flexibility index (Phi) is 5.83. The van der Waals surface area contributed by atoms with Crippen molar-refractivity contribution in [1.82, 2.24) is 9.88 Å². The summed E-state index contributed by atoms with van der Waals surface area (Å²) in [7, 11) is 0. The van der Waals surface area contributed by atoms with E-state index in [2.05, 4.69) is 10.6 Å². The normalized spacial score (nSPS) is 10.7. The van der Waals surface area contributed by atoms with Gasteiger partial charge < -0.3 is 15.1 Å². The van der Waals surface area contributed by atoms with Crippen LogP contribution in [0.4, 0.5) is 5.69 Å². The van der Waals surface area contributed by atoms with Crippen LogP contribution in [0.1, 0.15) is 5.56 Å². The molecule has 2 amide bonds. The zero-order valence-corrected chi connectivity index (χ0v) is 15.5. The molecule has 0 bridgehead atoms. The van der Waals surface area contributed by atoms with Gasteiger partial charge in [-0.15, -0.1) is 11.6 Å². The van der Waals surface area contributed by atoms with Gasteiger partial charge in [0.05, 0.1) is 5.52 Å². The number of nitrogens with zero attached hydrogens (tertiary/aromatic N) is 1. The first-order valence-corrected chi connectivity index (χ1v) is 8.88. The Morgan fingerprint density at radius 2 is 1.93 bits per heavy atom. The number of fused-ring (bicyclic) bond motifs is 1. The standard InChI is InChI=1S/C18H15Cl2N3O4/c19-8-16(24)22-13-3-1-2-11(6-13)9-21-17(25)10-23-14-5-4-12(20)7-15(14)27-18(23)26/h1-7H,8-10H2,(H,21,25)(H,22,24). The van der Waals surface area contributed by atoms with Crippen LogP contribution in [-0.2, 0) is 22.7 Å². The fourth-order valence-electron chi connectivity index (χ4n) is 2.54. The van der Waals surface area contributed by atoms with E-state index in [4.69, 9.17) is 27.6 Å². The van der Waals surface area contributed by atoms with Gasteiger partial charge in [-0.05, 0) is 29.8 Å². The molecule has 9 heteroatoms. The fourth-order valence-corrected chi connectivity index (χ4v) is 2.77. The Labute approximate surface area is 163 Å². The van der Waals surface area contributed by atoms with Crippen molar-refractivity contribution in [1.29, 1.82) is 0 Å². The average Bonchev–Trinajstić information content (AvgIpc) is 2.94. The summed E-state index contributed by atoms with van der Waals surface area (Å²) < 4.78 is 6.33. The molecule has 0 radical (unpaired) electrons. The highest BCUT2D eigenvalue weighted by Gasteiger charge is 2.13. The number of anilines is 1. The molecule has 0 atom stereocenters. The third kappa shape index (κ3) is 4.69. The predicted octanol–water partition coefficient (Wildman–Crippen LogP) is 2.74. The predicted molar refractivity (Wildman–Crippen MR) is 103 cm³/mol. The van der Waals surface area contributed by atoms with Crippen molar-refractivity contribution in [2.24, 2.45) is 0 Å². The lowest BCUT2D eigenvalue weighted by Gasteiger charge is -2.08. The minimum Gasteiger partial charge on any atom is -0.408 e. The highest BCUT2D eigenvalue weighted by molar-refractivity contribution is 6.31. The molecular weight excluding hydrogens is 393 g/mol. The molecule has 1 aromatic heterocycles. The van der Waals surface area contributed by atoms with E-state index in [9.17, 15) is 14.4 Å². The van der Waals surface area contributed by atoms with E-state index < -0.39 is 5.76 Å². The first-order chi connectivity index (χ1) is 13.0. The molecule has 0 saturated carbocycles. The number of hydrogen-bond acceptors (Lipinski definition) is 4. The third-order valence-corrected chi connectivity index (χ3v) is 4.23. The molecule has 2 N–H and O–H groups in total. The molecule has 0 spiro atoms. The van der Waals surface area contributed by atoms with Crippen LogP contribution in [0.2, 0.25) is 5.02 Å². The van der Waals surface area contributed by atoms with E-state index >= 15 is 0 Å². The second kappa shape index (κ2) is 8.28. The number of carbonyl (C=O) groups is 2. The number of hydrogen-bond donors (Lipinski definition) is 2. The summed E-state index contributed by atoms with van der Waals surface area (Å²) in [5.41, 5.74) is 2.18. The van der Waals surface area contributed by atoms with Crippen LogP contribution in [0.15, 0.2) is 51.7 Å². The first kappa shape index (κ1) is 19.0. The number of halogens is 2. The second-order valence-corrected chi connectivity index (χ2v) is 6.43. The zero-order chi connectivity index (χ0) is 19.4. The molecule has 3 aromatic rings. The SMILES string of the molecule is O=C(Cn1c(=O)oc2cc(Cl)ccc21)NCc1cccc(NC(=O)CCl)c1. The molecule has 0 saturated heterocycles. The summed E-state index contributed by atoms with van der Waals surface area (Å²) in [4.78, 5) is 35.5. The lowest BCUT2D eigenvalue weighted by Crippen LogP contribution is -2.30. The molecule has 140 valence electrons. The van der Waals surface area contributed by atoms with Gasteiger partial charge in [0.15, 0.2) is 5.58 Å². The topological polar surface area (TPSA) is 93.3 Å². The lowest BCUT2D eigenvalue weighted by molar-refractivity contribution is -0.121. The van der Waals surface area contributed by atoms with Crippen molar-refractivity contribution in [3.05, 3.63) is 63.6 Å². The Balaban J connectivity index is 1.65. The van der Waals surface area contributed by atoms with Crippen LogP contribution in [0.25, 0.3) is 11.1 Å². The molecule has 7 nitrogen and oxygen atoms in total. The van der Waals surface area contributed by atoms with Gasteiger partial charge in [0, 0.05) is 23.3 Å². The van der Waals surface area contributed by atoms with Gasteiger partial charge in [-0.1, -0.05) is 23.7 Å². The van der Waals surface area contributed by atoms with E-state index in [-0.39, 0.29) is 30.8 Å². The van der Waals surface area contributed by atoms with Gasteiger partial charge in [-0.3, -0.25) is 14.2 Å². The van der Waals surface area contributed by atoms with E-state index in [1.165, 1.54) is 10.6 Å². The van der Waals surface area contributed by atoms with Crippen molar-refractivity contribution in [3.63, 3.8) is 0 Å². The lowest BCUT2D eigenvalue weighted by atomic mass is 10.2. The largest absolute Gasteiger partial charge is 0.420 e. The van der Waals surface area contributed by atoms with Crippen molar-refractivity contribution in [3.8, 4) is 0 Å². The van der Waals surface area contributed by atoms with Crippen LogP contribution in [-0.4, -0.2) is 22.3 Å². The number of amides is 2. The van der Waals surface area contributed by atoms with Gasteiger partial charge >= 0.3 is 5.76 Å². The van der Waals surface area contributed by atoms with Gasteiger partial charge in [-0.2, -0.15) is 0 Å². The molecular formula is C18H15Cl2N3O4. The molecule has 3 rings (SSSR count). The zero-order valence-electron chi connectivity index (χ0n) is 14.0. The van der Waals surface area contributed by atoms with Crippen molar-refractivity contribution in [2.45, 2.75) is 13.1 Å². The minimum absolute atomic E-state index is 0.139. The fraction of sp³-hybridized carbons (Fsp3) is 0.167. The van der Waals surface area contributed by atoms with Crippen LogP contribution in [0.3, 0.4) is 0 Å². The van der Waals surface area contributed by atoms with Gasteiger partial charge in [0.1, 0.15) is 12.4 Å². The minimum atomic E-state index is -0.631.